The van der Waals surface area contributed by atoms with Crippen molar-refractivity contribution in [1.29, 1.82) is 0 Å². The van der Waals surface area contributed by atoms with Crippen molar-refractivity contribution in [2.45, 2.75) is 39.8 Å². The molecule has 1 aromatic carbocycles. The van der Waals surface area contributed by atoms with Gasteiger partial charge >= 0.3 is 0 Å². The molecule has 0 aliphatic heterocycles. The van der Waals surface area contributed by atoms with Crippen molar-refractivity contribution in [2.24, 2.45) is 0 Å². The van der Waals surface area contributed by atoms with E-state index in [1.54, 1.807) is 12.2 Å². The van der Waals surface area contributed by atoms with Crippen molar-refractivity contribution in [2.75, 3.05) is 6.61 Å². The summed E-state index contributed by atoms with van der Waals surface area (Å²) in [4.78, 5) is 0. The van der Waals surface area contributed by atoms with E-state index >= 15 is 0 Å². The number of allylic oxidation sites excluding steroid dienone is 1. The highest BCUT2D eigenvalue weighted by molar-refractivity contribution is 5.31. The van der Waals surface area contributed by atoms with E-state index < -0.39 is 11.6 Å². The van der Waals surface area contributed by atoms with Gasteiger partial charge in [0.25, 0.3) is 0 Å². The molecule has 0 unspecified atom stereocenters. The smallest absolute Gasteiger partial charge is 0.191 e. The van der Waals surface area contributed by atoms with Crippen LogP contribution in [0.2, 0.25) is 0 Å². The van der Waals surface area contributed by atoms with Crippen LogP contribution in [0.1, 0.15) is 33.3 Å². The van der Waals surface area contributed by atoms with Crippen LogP contribution in [0.3, 0.4) is 0 Å². The van der Waals surface area contributed by atoms with Crippen LogP contribution in [0.4, 0.5) is 8.78 Å². The minimum atomic E-state index is -0.671. The van der Waals surface area contributed by atoms with E-state index in [4.69, 9.17) is 4.74 Å². The van der Waals surface area contributed by atoms with E-state index in [1.807, 2.05) is 27.7 Å². The van der Waals surface area contributed by atoms with Gasteiger partial charge in [0.05, 0.1) is 0 Å². The van der Waals surface area contributed by atoms with Gasteiger partial charge in [-0.2, -0.15) is 0 Å². The Labute approximate surface area is 113 Å². The molecule has 106 valence electrons. The van der Waals surface area contributed by atoms with E-state index in [-0.39, 0.29) is 17.9 Å². The third-order valence-electron chi connectivity index (χ3n) is 2.44. The molecule has 1 aromatic rings. The molecule has 0 aliphatic rings. The molecule has 0 amide bonds. The summed E-state index contributed by atoms with van der Waals surface area (Å²) in [5.41, 5.74) is 0.455. The Morgan fingerprint density at radius 1 is 1.21 bits per heavy atom. The third kappa shape index (κ3) is 5.39. The van der Waals surface area contributed by atoms with Gasteiger partial charge in [-0.1, -0.05) is 12.2 Å². The first-order valence-electron chi connectivity index (χ1n) is 6.30. The van der Waals surface area contributed by atoms with Gasteiger partial charge in [-0.25, -0.2) is 8.78 Å². The molecule has 1 rings (SSSR count). The summed E-state index contributed by atoms with van der Waals surface area (Å²) in [5, 5.41) is 3.18. The number of ether oxygens (including phenoxy) is 1. The molecule has 0 fully saturated rings. The van der Waals surface area contributed by atoms with Gasteiger partial charge in [-0.3, -0.25) is 0 Å². The Morgan fingerprint density at radius 2 is 1.79 bits per heavy atom. The summed E-state index contributed by atoms with van der Waals surface area (Å²) < 4.78 is 32.5. The van der Waals surface area contributed by atoms with Gasteiger partial charge < -0.3 is 10.1 Å². The fraction of sp³-hybridized carbons (Fsp3) is 0.467. The summed E-state index contributed by atoms with van der Waals surface area (Å²) >= 11 is 0. The van der Waals surface area contributed by atoms with Crippen molar-refractivity contribution < 1.29 is 13.5 Å². The Hall–Kier alpha value is -1.42. The minimum Gasteiger partial charge on any atom is -0.483 e. The molecule has 0 aromatic heterocycles. The molecule has 0 heterocycles. The van der Waals surface area contributed by atoms with Crippen LogP contribution < -0.4 is 10.1 Å². The van der Waals surface area contributed by atoms with Crippen LogP contribution in [-0.2, 0) is 6.54 Å². The molecule has 1 N–H and O–H groups in total. The van der Waals surface area contributed by atoms with E-state index in [9.17, 15) is 8.78 Å². The van der Waals surface area contributed by atoms with Gasteiger partial charge in [0.1, 0.15) is 6.61 Å². The molecule has 0 spiro atoms. The molecule has 2 nitrogen and oxygen atoms in total. The highest BCUT2D eigenvalue weighted by Crippen LogP contribution is 2.23. The van der Waals surface area contributed by atoms with Crippen molar-refractivity contribution in [3.63, 3.8) is 0 Å². The average Bonchev–Trinajstić information content (AvgIpc) is 2.29. The zero-order valence-electron chi connectivity index (χ0n) is 11.9. The zero-order chi connectivity index (χ0) is 14.5. The molecule has 0 bridgehead atoms. The van der Waals surface area contributed by atoms with Crippen molar-refractivity contribution in [1.82, 2.24) is 5.32 Å². The maximum atomic E-state index is 13.7. The van der Waals surface area contributed by atoms with E-state index in [2.05, 4.69) is 5.32 Å². The van der Waals surface area contributed by atoms with Gasteiger partial charge in [-0.15, -0.1) is 0 Å². The molecular formula is C15H21F2NO. The number of benzene rings is 1. The normalized spacial score (nSPS) is 12.1. The number of rotatable bonds is 5. The lowest BCUT2D eigenvalue weighted by Crippen LogP contribution is -2.35. The lowest BCUT2D eigenvalue weighted by atomic mass is 10.1. The van der Waals surface area contributed by atoms with Crippen LogP contribution in [0.5, 0.6) is 5.75 Å². The monoisotopic (exact) mass is 269 g/mol. The highest BCUT2D eigenvalue weighted by atomic mass is 19.1. The van der Waals surface area contributed by atoms with Crippen LogP contribution >= 0.6 is 0 Å². The molecule has 0 aliphatic carbocycles. The molecule has 0 atom stereocenters. The van der Waals surface area contributed by atoms with Gasteiger partial charge in [0.2, 0.25) is 0 Å². The van der Waals surface area contributed by atoms with E-state index in [0.29, 0.717) is 12.1 Å². The first-order chi connectivity index (χ1) is 8.83. The molecule has 0 saturated carbocycles. The topological polar surface area (TPSA) is 21.3 Å². The fourth-order valence-electron chi connectivity index (χ4n) is 1.45. The van der Waals surface area contributed by atoms with Crippen LogP contribution in [-0.4, -0.2) is 12.1 Å². The van der Waals surface area contributed by atoms with Gasteiger partial charge in [0.15, 0.2) is 17.4 Å². The number of halogens is 2. The Balaban J connectivity index is 2.78. The predicted octanol–water partition coefficient (Wildman–Crippen LogP) is 3.81. The van der Waals surface area contributed by atoms with E-state index in [0.717, 1.165) is 0 Å². The van der Waals surface area contributed by atoms with Gasteiger partial charge in [0, 0.05) is 12.1 Å². The van der Waals surface area contributed by atoms with Crippen LogP contribution in [0.15, 0.2) is 24.3 Å². The second kappa shape index (κ2) is 6.66. The number of hydrogen-bond acceptors (Lipinski definition) is 2. The maximum Gasteiger partial charge on any atom is 0.191 e. The SMILES string of the molecule is CC=CCOc1c(F)cc(CNC(C)(C)C)cc1F. The lowest BCUT2D eigenvalue weighted by Gasteiger charge is -2.20. The first-order valence-corrected chi connectivity index (χ1v) is 6.30. The van der Waals surface area contributed by atoms with Gasteiger partial charge in [-0.05, 0) is 45.4 Å². The van der Waals surface area contributed by atoms with Crippen molar-refractivity contribution >= 4 is 0 Å². The predicted molar refractivity (Wildman–Crippen MR) is 73.3 cm³/mol. The molecule has 19 heavy (non-hydrogen) atoms. The summed E-state index contributed by atoms with van der Waals surface area (Å²) in [6, 6.07) is 2.60. The summed E-state index contributed by atoms with van der Waals surface area (Å²) in [6.07, 6.45) is 3.45. The Kier molecular flexibility index (Phi) is 5.48. The first kappa shape index (κ1) is 15.6. The second-order valence-electron chi connectivity index (χ2n) is 5.37. The van der Waals surface area contributed by atoms with E-state index in [1.165, 1.54) is 12.1 Å². The molecule has 4 heteroatoms. The molecule has 0 saturated heterocycles. The largest absolute Gasteiger partial charge is 0.483 e. The third-order valence-corrected chi connectivity index (χ3v) is 2.44. The second-order valence-corrected chi connectivity index (χ2v) is 5.37. The summed E-state index contributed by atoms with van der Waals surface area (Å²) in [6.45, 7) is 8.37. The zero-order valence-corrected chi connectivity index (χ0v) is 11.9. The molecular weight excluding hydrogens is 248 g/mol. The number of hydrogen-bond donors (Lipinski definition) is 1. The summed E-state index contributed by atoms with van der Waals surface area (Å²) in [7, 11) is 0. The average molecular weight is 269 g/mol. The Bertz CT molecular complexity index is 427. The molecule has 0 radical (unpaired) electrons. The Morgan fingerprint density at radius 3 is 2.26 bits per heavy atom. The maximum absolute atomic E-state index is 13.7. The van der Waals surface area contributed by atoms with Crippen LogP contribution in [0.25, 0.3) is 0 Å². The fourth-order valence-corrected chi connectivity index (χ4v) is 1.45. The van der Waals surface area contributed by atoms with Crippen molar-refractivity contribution in [3.8, 4) is 5.75 Å². The lowest BCUT2D eigenvalue weighted by molar-refractivity contribution is 0.319. The van der Waals surface area contributed by atoms with Crippen molar-refractivity contribution in [3.05, 3.63) is 41.5 Å². The summed E-state index contributed by atoms with van der Waals surface area (Å²) in [5.74, 6) is -1.66. The minimum absolute atomic E-state index is 0.103. The number of nitrogens with one attached hydrogen (secondary N) is 1. The quantitative estimate of drug-likeness (QED) is 0.821. The highest BCUT2D eigenvalue weighted by Gasteiger charge is 2.14. The standard InChI is InChI=1S/C15H21F2NO/c1-5-6-7-19-14-12(16)8-11(9-13(14)17)10-18-15(2,3)4/h5-6,8-9,18H,7,10H2,1-4H3. The van der Waals surface area contributed by atoms with Crippen LogP contribution in [0, 0.1) is 11.6 Å².